The second-order valence-corrected chi connectivity index (χ2v) is 7.50. The van der Waals surface area contributed by atoms with E-state index in [9.17, 15) is 8.42 Å². The third-order valence-electron chi connectivity index (χ3n) is 3.02. The van der Waals surface area contributed by atoms with Crippen molar-refractivity contribution in [3.63, 3.8) is 0 Å². The van der Waals surface area contributed by atoms with Gasteiger partial charge in [-0.2, -0.15) is 0 Å². The molecule has 116 valence electrons. The number of sulfonamides is 1. The van der Waals surface area contributed by atoms with Gasteiger partial charge in [-0.3, -0.25) is 4.90 Å². The third kappa shape index (κ3) is 3.65. The van der Waals surface area contributed by atoms with Gasteiger partial charge in [0.25, 0.3) is 10.0 Å². The Morgan fingerprint density at radius 3 is 2.76 bits per heavy atom. The molecule has 1 atom stereocenters. The fourth-order valence-electron chi connectivity index (χ4n) is 1.90. The van der Waals surface area contributed by atoms with Gasteiger partial charge in [0.1, 0.15) is 11.5 Å². The fraction of sp³-hybridized carbons (Fsp3) is 0.385. The van der Waals surface area contributed by atoms with Crippen molar-refractivity contribution < 1.29 is 17.6 Å². The highest BCUT2D eigenvalue weighted by molar-refractivity contribution is 7.91. The van der Waals surface area contributed by atoms with Crippen molar-refractivity contribution >= 4 is 21.4 Å². The maximum absolute atomic E-state index is 12.3. The SMILES string of the molecule is COc1ccsc1S(=O)(=O)NC[C@@H](c1ccco1)N(C)C. The highest BCUT2D eigenvalue weighted by atomic mass is 32.2. The molecule has 0 aromatic carbocycles. The van der Waals surface area contributed by atoms with Crippen LogP contribution >= 0.6 is 11.3 Å². The lowest BCUT2D eigenvalue weighted by molar-refractivity contribution is 0.259. The summed E-state index contributed by atoms with van der Waals surface area (Å²) < 4.78 is 37.9. The van der Waals surface area contributed by atoms with Gasteiger partial charge in [-0.1, -0.05) is 0 Å². The standard InChI is InChI=1S/C13H18N2O4S2/c1-15(2)10(11-5-4-7-19-11)9-14-21(16,17)13-12(18-3)6-8-20-13/h4-8,10,14H,9H2,1-3H3/t10-/m0/s1. The van der Waals surface area contributed by atoms with Gasteiger partial charge in [0.2, 0.25) is 0 Å². The number of methoxy groups -OCH3 is 1. The number of rotatable bonds is 7. The highest BCUT2D eigenvalue weighted by Gasteiger charge is 2.24. The number of nitrogens with one attached hydrogen (secondary N) is 1. The lowest BCUT2D eigenvalue weighted by Crippen LogP contribution is -2.34. The number of furan rings is 1. The van der Waals surface area contributed by atoms with Gasteiger partial charge in [-0.25, -0.2) is 13.1 Å². The Kier molecular flexibility index (Phi) is 5.04. The van der Waals surface area contributed by atoms with Crippen LogP contribution in [0.15, 0.2) is 38.5 Å². The van der Waals surface area contributed by atoms with Crippen molar-refractivity contribution in [1.29, 1.82) is 0 Å². The molecular weight excluding hydrogens is 312 g/mol. The van der Waals surface area contributed by atoms with Crippen LogP contribution in [0.5, 0.6) is 5.75 Å². The molecular formula is C13H18N2O4S2. The van der Waals surface area contributed by atoms with Crippen LogP contribution in [-0.2, 0) is 10.0 Å². The number of likely N-dealkylation sites (N-methyl/N-ethyl adjacent to an activating group) is 1. The maximum atomic E-state index is 12.3. The number of nitrogens with zero attached hydrogens (tertiary/aromatic N) is 1. The van der Waals surface area contributed by atoms with Crippen LogP contribution in [-0.4, -0.2) is 41.1 Å². The predicted molar refractivity (Wildman–Crippen MR) is 81.2 cm³/mol. The molecule has 0 saturated heterocycles. The summed E-state index contributed by atoms with van der Waals surface area (Å²) in [5, 5.41) is 1.68. The van der Waals surface area contributed by atoms with Crippen LogP contribution in [0.2, 0.25) is 0 Å². The molecule has 6 nitrogen and oxygen atoms in total. The Labute approximate surface area is 128 Å². The summed E-state index contributed by atoms with van der Waals surface area (Å²) >= 11 is 1.13. The van der Waals surface area contributed by atoms with Gasteiger partial charge in [-0.05, 0) is 37.7 Å². The monoisotopic (exact) mass is 330 g/mol. The van der Waals surface area contributed by atoms with Gasteiger partial charge in [0, 0.05) is 6.54 Å². The topological polar surface area (TPSA) is 71.8 Å². The summed E-state index contributed by atoms with van der Waals surface area (Å²) in [6.45, 7) is 0.212. The molecule has 0 fully saturated rings. The zero-order valence-corrected chi connectivity index (χ0v) is 13.7. The first-order chi connectivity index (χ1) is 9.95. The minimum absolute atomic E-state index is 0.180. The van der Waals surface area contributed by atoms with E-state index in [-0.39, 0.29) is 16.8 Å². The first kappa shape index (κ1) is 16.0. The summed E-state index contributed by atoms with van der Waals surface area (Å²) in [6, 6.07) is 5.06. The highest BCUT2D eigenvalue weighted by Crippen LogP contribution is 2.29. The summed E-state index contributed by atoms with van der Waals surface area (Å²) in [7, 11) is 1.58. The molecule has 2 aromatic rings. The summed E-state index contributed by atoms with van der Waals surface area (Å²) in [5.74, 6) is 1.06. The average molecular weight is 330 g/mol. The Morgan fingerprint density at radius 1 is 1.43 bits per heavy atom. The Balaban J connectivity index is 2.14. The molecule has 0 spiro atoms. The molecule has 2 rings (SSSR count). The lowest BCUT2D eigenvalue weighted by Gasteiger charge is -2.22. The van der Waals surface area contributed by atoms with Gasteiger partial charge in [-0.15, -0.1) is 11.3 Å². The Bertz CT molecular complexity index is 662. The second-order valence-electron chi connectivity index (χ2n) is 4.62. The summed E-state index contributed by atoms with van der Waals surface area (Å²) in [4.78, 5) is 1.90. The molecule has 1 N–H and O–H groups in total. The molecule has 0 amide bonds. The fourth-order valence-corrected chi connectivity index (χ4v) is 4.26. The van der Waals surface area contributed by atoms with Crippen molar-refractivity contribution in [2.75, 3.05) is 27.7 Å². The molecule has 0 aliphatic rings. The molecule has 2 heterocycles. The van der Waals surface area contributed by atoms with E-state index >= 15 is 0 Å². The molecule has 8 heteroatoms. The lowest BCUT2D eigenvalue weighted by atomic mass is 10.2. The molecule has 0 unspecified atom stereocenters. The van der Waals surface area contributed by atoms with Crippen LogP contribution in [0.1, 0.15) is 11.8 Å². The van der Waals surface area contributed by atoms with E-state index < -0.39 is 10.0 Å². The van der Waals surface area contributed by atoms with E-state index in [1.54, 1.807) is 23.8 Å². The smallest absolute Gasteiger partial charge is 0.253 e. The van der Waals surface area contributed by atoms with Crippen molar-refractivity contribution in [2.24, 2.45) is 0 Å². The molecule has 0 aliphatic carbocycles. The van der Waals surface area contributed by atoms with E-state index in [0.29, 0.717) is 11.5 Å². The number of hydrogen-bond acceptors (Lipinski definition) is 6. The molecule has 0 aliphatic heterocycles. The van der Waals surface area contributed by atoms with Crippen LogP contribution < -0.4 is 9.46 Å². The first-order valence-corrected chi connectivity index (χ1v) is 8.63. The molecule has 2 aromatic heterocycles. The molecule has 21 heavy (non-hydrogen) atoms. The van der Waals surface area contributed by atoms with E-state index in [1.807, 2.05) is 25.1 Å². The van der Waals surface area contributed by atoms with Crippen LogP contribution in [0.4, 0.5) is 0 Å². The maximum Gasteiger partial charge on any atom is 0.253 e. The van der Waals surface area contributed by atoms with Crippen molar-refractivity contribution in [1.82, 2.24) is 9.62 Å². The normalized spacial score (nSPS) is 13.5. The van der Waals surface area contributed by atoms with Crippen LogP contribution in [0.25, 0.3) is 0 Å². The predicted octanol–water partition coefficient (Wildman–Crippen LogP) is 1.93. The van der Waals surface area contributed by atoms with E-state index in [1.165, 1.54) is 7.11 Å². The minimum atomic E-state index is -3.60. The Morgan fingerprint density at radius 2 is 2.19 bits per heavy atom. The zero-order chi connectivity index (χ0) is 15.5. The largest absolute Gasteiger partial charge is 0.494 e. The third-order valence-corrected chi connectivity index (χ3v) is 5.89. The molecule has 0 saturated carbocycles. The molecule has 0 radical (unpaired) electrons. The number of hydrogen-bond donors (Lipinski definition) is 1. The summed E-state index contributed by atoms with van der Waals surface area (Å²) in [5.41, 5.74) is 0. The van der Waals surface area contributed by atoms with Crippen LogP contribution in [0, 0.1) is 0 Å². The number of ether oxygens (including phenoxy) is 1. The zero-order valence-electron chi connectivity index (χ0n) is 12.1. The number of thiophene rings is 1. The van der Waals surface area contributed by atoms with Crippen molar-refractivity contribution in [2.45, 2.75) is 10.3 Å². The van der Waals surface area contributed by atoms with Gasteiger partial charge in [0.15, 0.2) is 4.21 Å². The minimum Gasteiger partial charge on any atom is -0.494 e. The van der Waals surface area contributed by atoms with E-state index in [4.69, 9.17) is 9.15 Å². The average Bonchev–Trinajstić information content (AvgIpc) is 3.09. The van der Waals surface area contributed by atoms with Crippen molar-refractivity contribution in [3.05, 3.63) is 35.6 Å². The summed E-state index contributed by atoms with van der Waals surface area (Å²) in [6.07, 6.45) is 1.57. The quantitative estimate of drug-likeness (QED) is 0.840. The van der Waals surface area contributed by atoms with E-state index in [0.717, 1.165) is 11.3 Å². The van der Waals surface area contributed by atoms with Crippen LogP contribution in [0.3, 0.4) is 0 Å². The van der Waals surface area contributed by atoms with Gasteiger partial charge >= 0.3 is 0 Å². The van der Waals surface area contributed by atoms with E-state index in [2.05, 4.69) is 4.72 Å². The second kappa shape index (κ2) is 6.61. The Hall–Kier alpha value is -1.35. The van der Waals surface area contributed by atoms with Gasteiger partial charge in [0.05, 0.1) is 19.4 Å². The molecule has 0 bridgehead atoms. The van der Waals surface area contributed by atoms with Gasteiger partial charge < -0.3 is 9.15 Å². The first-order valence-electron chi connectivity index (χ1n) is 6.26. The van der Waals surface area contributed by atoms with Crippen molar-refractivity contribution in [3.8, 4) is 5.75 Å².